The molecule has 1 amide bonds. The molecule has 6 aliphatic heterocycles. The molecule has 8 heterocycles. The van der Waals surface area contributed by atoms with Gasteiger partial charge in [-0.1, -0.05) is 29.8 Å². The molecule has 1 aromatic carbocycles. The minimum atomic E-state index is -0.534. The summed E-state index contributed by atoms with van der Waals surface area (Å²) in [6, 6.07) is 7.10. The monoisotopic (exact) mass is 763 g/mol. The third kappa shape index (κ3) is 6.73. The van der Waals surface area contributed by atoms with Crippen LogP contribution < -0.4 is 9.64 Å². The number of halogens is 3. The Balaban J connectivity index is 0.000000372. The van der Waals surface area contributed by atoms with Crippen LogP contribution in [-0.2, 0) is 14.3 Å². The van der Waals surface area contributed by atoms with Gasteiger partial charge in [0.15, 0.2) is 5.82 Å². The van der Waals surface area contributed by atoms with Gasteiger partial charge in [0.2, 0.25) is 5.91 Å². The van der Waals surface area contributed by atoms with E-state index in [0.29, 0.717) is 85.2 Å². The molecule has 0 radical (unpaired) electrons. The van der Waals surface area contributed by atoms with E-state index in [1.807, 2.05) is 29.2 Å². The van der Waals surface area contributed by atoms with Crippen LogP contribution in [0.5, 0.6) is 6.01 Å². The number of carbonyl (C=O) groups excluding carboxylic acids is 1. The molecule has 2 aromatic heterocycles. The normalized spacial score (nSPS) is 27.7. The van der Waals surface area contributed by atoms with Crippen LogP contribution in [0.25, 0.3) is 22.2 Å². The standard InChI is InChI=1S/C33H36ClFN6O4.C7H12FN/c1-43-32-37-30-24(14-36-29(28(30)35)23-4-2-5-25(34)27(23)20-7-8-20)31(38-32)39-12-13-41(33(17-39)18-45-19-33)26(42)6-3-11-40-21-9-10-22(40)16-44-15-21;8-6-4-7-2-1-3-9(7)5-6/h2-6,14,20-22H,7-13,15-19H2,1H3;6-7H,1-5H2/b6-3+;/t21-,22+;. The molecule has 10 rings (SSSR count). The Labute approximate surface area is 319 Å². The summed E-state index contributed by atoms with van der Waals surface area (Å²) in [5.41, 5.74) is 1.48. The smallest absolute Gasteiger partial charge is 0.318 e. The Kier molecular flexibility index (Phi) is 9.96. The molecular weight excluding hydrogens is 716 g/mol. The summed E-state index contributed by atoms with van der Waals surface area (Å²) in [7, 11) is 1.47. The molecule has 2 bridgehead atoms. The molecule has 1 saturated carbocycles. The van der Waals surface area contributed by atoms with E-state index in [4.69, 9.17) is 25.8 Å². The lowest BCUT2D eigenvalue weighted by Crippen LogP contribution is -2.72. The highest BCUT2D eigenvalue weighted by molar-refractivity contribution is 6.32. The number of carbonyl (C=O) groups is 1. The maximum atomic E-state index is 16.4. The number of aromatic nitrogens is 3. The highest BCUT2D eigenvalue weighted by Gasteiger charge is 2.50. The zero-order valence-electron chi connectivity index (χ0n) is 30.8. The second-order valence-electron chi connectivity index (χ2n) is 16.0. The predicted octanol–water partition coefficient (Wildman–Crippen LogP) is 5.40. The fourth-order valence-electron chi connectivity index (χ4n) is 9.56. The Hall–Kier alpha value is -3.49. The molecule has 1 spiro atoms. The molecule has 6 saturated heterocycles. The number of anilines is 1. The number of amides is 1. The average molecular weight is 764 g/mol. The van der Waals surface area contributed by atoms with Crippen LogP contribution >= 0.6 is 11.6 Å². The van der Waals surface area contributed by atoms with Crippen LogP contribution in [0, 0.1) is 5.82 Å². The summed E-state index contributed by atoms with van der Waals surface area (Å²) in [6.07, 6.45) is 12.5. The van der Waals surface area contributed by atoms with Crippen molar-refractivity contribution in [1.29, 1.82) is 0 Å². The van der Waals surface area contributed by atoms with Crippen molar-refractivity contribution in [3.8, 4) is 17.3 Å². The van der Waals surface area contributed by atoms with E-state index in [0.717, 1.165) is 64.0 Å². The summed E-state index contributed by atoms with van der Waals surface area (Å²) in [4.78, 5) is 35.9. The van der Waals surface area contributed by atoms with Gasteiger partial charge in [0, 0.05) is 73.7 Å². The summed E-state index contributed by atoms with van der Waals surface area (Å²) in [5.74, 6) is 0.285. The number of morpholine rings is 1. The number of benzene rings is 1. The van der Waals surface area contributed by atoms with Gasteiger partial charge >= 0.3 is 6.01 Å². The number of fused-ring (bicyclic) bond motifs is 4. The van der Waals surface area contributed by atoms with E-state index in [2.05, 4.69) is 29.7 Å². The fourth-order valence-corrected chi connectivity index (χ4v) is 9.89. The van der Waals surface area contributed by atoms with E-state index < -0.39 is 17.5 Å². The number of ether oxygens (including phenoxy) is 3. The van der Waals surface area contributed by atoms with Crippen molar-refractivity contribution in [2.45, 2.75) is 80.7 Å². The van der Waals surface area contributed by atoms with Crippen LogP contribution in [0.1, 0.15) is 56.4 Å². The quantitative estimate of drug-likeness (QED) is 0.291. The summed E-state index contributed by atoms with van der Waals surface area (Å²) >= 11 is 6.57. The first-order chi connectivity index (χ1) is 26.3. The molecule has 7 aliphatic rings. The number of piperazine rings is 1. The molecule has 14 heteroatoms. The van der Waals surface area contributed by atoms with Gasteiger partial charge in [-0.05, 0) is 69.0 Å². The third-order valence-electron chi connectivity index (χ3n) is 12.5. The summed E-state index contributed by atoms with van der Waals surface area (Å²) in [6.45, 7) is 6.46. The molecule has 4 atom stereocenters. The van der Waals surface area contributed by atoms with Crippen molar-refractivity contribution in [2.75, 3.05) is 77.7 Å². The highest BCUT2D eigenvalue weighted by Crippen LogP contribution is 2.48. The van der Waals surface area contributed by atoms with Gasteiger partial charge in [-0.25, -0.2) is 8.78 Å². The van der Waals surface area contributed by atoms with Gasteiger partial charge < -0.3 is 24.0 Å². The van der Waals surface area contributed by atoms with Crippen LogP contribution in [0.2, 0.25) is 5.02 Å². The number of methoxy groups -OCH3 is 1. The molecule has 7 fully saturated rings. The van der Waals surface area contributed by atoms with Crippen LogP contribution in [-0.4, -0.2) is 138 Å². The second kappa shape index (κ2) is 14.9. The maximum Gasteiger partial charge on any atom is 0.318 e. The van der Waals surface area contributed by atoms with Crippen LogP contribution in [0.15, 0.2) is 36.5 Å². The van der Waals surface area contributed by atoms with E-state index in [-0.39, 0.29) is 23.1 Å². The van der Waals surface area contributed by atoms with Gasteiger partial charge in [0.05, 0.1) is 38.9 Å². The molecule has 2 unspecified atom stereocenters. The number of hydrogen-bond acceptors (Lipinski definition) is 10. The SMILES string of the molecule is COc1nc(N2CCN(C(=O)/C=C/CN3[C@@H]4CC[C@H]3COC4)C3(COC3)C2)c2cnc(-c3cccc(Cl)c3C3CC3)c(F)c2n1.FC1CC2CCCN2C1. The van der Waals surface area contributed by atoms with Crippen molar-refractivity contribution in [3.63, 3.8) is 0 Å². The van der Waals surface area contributed by atoms with Crippen LogP contribution in [0.3, 0.4) is 0 Å². The number of hydrogen-bond donors (Lipinski definition) is 0. The molecule has 11 nitrogen and oxygen atoms in total. The Morgan fingerprint density at radius 3 is 2.59 bits per heavy atom. The summed E-state index contributed by atoms with van der Waals surface area (Å²) in [5, 5.41) is 1.11. The van der Waals surface area contributed by atoms with Crippen molar-refractivity contribution in [1.82, 2.24) is 29.7 Å². The van der Waals surface area contributed by atoms with Gasteiger partial charge in [-0.2, -0.15) is 9.97 Å². The first-order valence-corrected chi connectivity index (χ1v) is 19.9. The Bertz CT molecular complexity index is 1900. The topological polar surface area (TPSA) is 96.4 Å². The van der Waals surface area contributed by atoms with Crippen molar-refractivity contribution in [2.24, 2.45) is 0 Å². The molecule has 0 N–H and O–H groups in total. The number of alkyl halides is 1. The van der Waals surface area contributed by atoms with E-state index in [9.17, 15) is 9.18 Å². The fraction of sp³-hybridized carbons (Fsp3) is 0.600. The first-order valence-electron chi connectivity index (χ1n) is 19.5. The Morgan fingerprint density at radius 2 is 1.87 bits per heavy atom. The molecular formula is C40H48ClF2N7O4. The van der Waals surface area contributed by atoms with Crippen molar-refractivity contribution >= 4 is 34.2 Å². The highest BCUT2D eigenvalue weighted by atomic mass is 35.5. The van der Waals surface area contributed by atoms with E-state index in [1.165, 1.54) is 20.0 Å². The van der Waals surface area contributed by atoms with Crippen molar-refractivity contribution in [3.05, 3.63) is 53.0 Å². The second-order valence-corrected chi connectivity index (χ2v) is 16.4. The lowest BCUT2D eigenvalue weighted by Gasteiger charge is -2.55. The zero-order valence-corrected chi connectivity index (χ0v) is 31.5. The minimum Gasteiger partial charge on any atom is -0.467 e. The largest absolute Gasteiger partial charge is 0.467 e. The van der Waals surface area contributed by atoms with E-state index >= 15 is 4.39 Å². The lowest BCUT2D eigenvalue weighted by atomic mass is 9.91. The predicted molar refractivity (Wildman–Crippen MR) is 201 cm³/mol. The van der Waals surface area contributed by atoms with Gasteiger partial charge in [-0.3, -0.25) is 19.6 Å². The van der Waals surface area contributed by atoms with E-state index in [1.54, 1.807) is 12.3 Å². The Morgan fingerprint density at radius 1 is 1.06 bits per heavy atom. The van der Waals surface area contributed by atoms with Crippen LogP contribution in [0.4, 0.5) is 14.6 Å². The first kappa shape index (κ1) is 36.2. The third-order valence-corrected chi connectivity index (χ3v) is 12.8. The van der Waals surface area contributed by atoms with Gasteiger partial charge in [0.1, 0.15) is 28.7 Å². The van der Waals surface area contributed by atoms with Crippen molar-refractivity contribution < 1.29 is 27.8 Å². The number of rotatable bonds is 7. The lowest BCUT2D eigenvalue weighted by molar-refractivity contribution is -0.164. The average Bonchev–Trinajstić information content (AvgIpc) is 3.75. The molecule has 54 heavy (non-hydrogen) atoms. The minimum absolute atomic E-state index is 0.0194. The summed E-state index contributed by atoms with van der Waals surface area (Å²) < 4.78 is 45.8. The molecule has 1 aliphatic carbocycles. The number of nitrogens with zero attached hydrogens (tertiary/aromatic N) is 7. The molecule has 3 aromatic rings. The number of pyridine rings is 1. The van der Waals surface area contributed by atoms with Gasteiger partial charge in [-0.15, -0.1) is 0 Å². The maximum absolute atomic E-state index is 16.4. The zero-order chi connectivity index (χ0) is 37.0. The molecule has 288 valence electrons. The van der Waals surface area contributed by atoms with Gasteiger partial charge in [0.25, 0.3) is 0 Å².